The summed E-state index contributed by atoms with van der Waals surface area (Å²) in [6.07, 6.45) is 0.968. The van der Waals surface area contributed by atoms with Crippen molar-refractivity contribution in [2.75, 3.05) is 36.9 Å². The van der Waals surface area contributed by atoms with Gasteiger partial charge in [-0.25, -0.2) is 9.97 Å². The van der Waals surface area contributed by atoms with Crippen LogP contribution in [0.5, 0.6) is 0 Å². The molecule has 3 aromatic rings. The molecule has 0 aliphatic carbocycles. The summed E-state index contributed by atoms with van der Waals surface area (Å²) in [6.45, 7) is 6.11. The molecule has 188 valence electrons. The molecule has 2 aromatic heterocycles. The number of fused-ring (bicyclic) bond motifs is 1. The molecule has 0 bridgehead atoms. The van der Waals surface area contributed by atoms with E-state index >= 15 is 0 Å². The maximum Gasteiger partial charge on any atom is 0.416 e. The standard InChI is InChI=1S/C24H30F3N7O/c1-23(7-11-35-12-8-23)33-21-29-15-19-20(32-21)34(10-6-16-5-9-28-14-16)22(31-19)30-18-4-2-3-17(13-18)24(25,26)27/h2-4,13,15-16,28H,5-12,14H2,1H3,(H,30,31)(H,29,32,33). The molecule has 11 heteroatoms. The van der Waals surface area contributed by atoms with Gasteiger partial charge in [0.15, 0.2) is 5.65 Å². The van der Waals surface area contributed by atoms with Gasteiger partial charge in [-0.05, 0) is 69.8 Å². The number of alkyl halides is 3. The van der Waals surface area contributed by atoms with Crippen molar-refractivity contribution in [3.8, 4) is 0 Å². The van der Waals surface area contributed by atoms with Crippen LogP contribution in [-0.2, 0) is 17.5 Å². The van der Waals surface area contributed by atoms with Crippen molar-refractivity contribution >= 4 is 28.7 Å². The van der Waals surface area contributed by atoms with Gasteiger partial charge >= 0.3 is 6.18 Å². The maximum absolute atomic E-state index is 13.2. The minimum atomic E-state index is -4.42. The Morgan fingerprint density at radius 1 is 1.23 bits per heavy atom. The maximum atomic E-state index is 13.2. The molecule has 2 saturated heterocycles. The molecular weight excluding hydrogens is 459 g/mol. The zero-order valence-electron chi connectivity index (χ0n) is 19.7. The van der Waals surface area contributed by atoms with Crippen molar-refractivity contribution in [2.45, 2.75) is 50.9 Å². The lowest BCUT2D eigenvalue weighted by Gasteiger charge is -2.34. The smallest absolute Gasteiger partial charge is 0.381 e. The lowest BCUT2D eigenvalue weighted by Crippen LogP contribution is -2.41. The third kappa shape index (κ3) is 5.51. The van der Waals surface area contributed by atoms with Gasteiger partial charge in [-0.2, -0.15) is 18.2 Å². The quantitative estimate of drug-likeness (QED) is 0.448. The summed E-state index contributed by atoms with van der Waals surface area (Å²) >= 11 is 0. The van der Waals surface area contributed by atoms with Crippen LogP contribution in [0.25, 0.3) is 11.2 Å². The van der Waals surface area contributed by atoms with Crippen LogP contribution in [0.1, 0.15) is 38.2 Å². The molecular formula is C24H30F3N7O. The number of halogens is 3. The van der Waals surface area contributed by atoms with Crippen molar-refractivity contribution in [3.63, 3.8) is 0 Å². The number of aryl methyl sites for hydroxylation is 1. The summed E-state index contributed by atoms with van der Waals surface area (Å²) in [4.78, 5) is 13.9. The first-order chi connectivity index (χ1) is 16.8. The van der Waals surface area contributed by atoms with Crippen molar-refractivity contribution in [1.82, 2.24) is 24.8 Å². The molecule has 35 heavy (non-hydrogen) atoms. The van der Waals surface area contributed by atoms with Crippen molar-refractivity contribution in [2.24, 2.45) is 5.92 Å². The summed E-state index contributed by atoms with van der Waals surface area (Å²) in [6, 6.07) is 5.14. The molecule has 2 fully saturated rings. The van der Waals surface area contributed by atoms with Gasteiger partial charge in [-0.1, -0.05) is 6.07 Å². The van der Waals surface area contributed by atoms with E-state index in [0.29, 0.717) is 54.4 Å². The zero-order valence-corrected chi connectivity index (χ0v) is 19.7. The summed E-state index contributed by atoms with van der Waals surface area (Å²) in [5, 5.41) is 9.93. The third-order valence-electron chi connectivity index (χ3n) is 6.87. The van der Waals surface area contributed by atoms with Crippen LogP contribution in [-0.4, -0.2) is 51.4 Å². The number of hydrogen-bond acceptors (Lipinski definition) is 7. The number of rotatable bonds is 7. The lowest BCUT2D eigenvalue weighted by molar-refractivity contribution is -0.137. The fourth-order valence-corrected chi connectivity index (χ4v) is 4.68. The lowest BCUT2D eigenvalue weighted by atomic mass is 9.93. The molecule has 0 amide bonds. The van der Waals surface area contributed by atoms with E-state index in [1.807, 2.05) is 4.57 Å². The van der Waals surface area contributed by atoms with Crippen LogP contribution in [0.2, 0.25) is 0 Å². The molecule has 2 aliphatic rings. The molecule has 4 heterocycles. The second kappa shape index (κ2) is 9.62. The monoisotopic (exact) mass is 489 g/mol. The number of nitrogens with one attached hydrogen (secondary N) is 3. The second-order valence-corrected chi connectivity index (χ2v) is 9.64. The molecule has 1 atom stereocenters. The summed E-state index contributed by atoms with van der Waals surface area (Å²) < 4.78 is 47.1. The Kier molecular flexibility index (Phi) is 6.54. The molecule has 3 N–H and O–H groups in total. The third-order valence-corrected chi connectivity index (χ3v) is 6.87. The van der Waals surface area contributed by atoms with Gasteiger partial charge in [0, 0.05) is 31.0 Å². The Hall–Kier alpha value is -2.92. The summed E-state index contributed by atoms with van der Waals surface area (Å²) in [5.74, 6) is 1.50. The highest BCUT2D eigenvalue weighted by Crippen LogP contribution is 2.32. The molecule has 8 nitrogen and oxygen atoms in total. The molecule has 1 unspecified atom stereocenters. The number of imidazole rings is 1. The van der Waals surface area contributed by atoms with Gasteiger partial charge in [-0.15, -0.1) is 0 Å². The van der Waals surface area contributed by atoms with E-state index in [4.69, 9.17) is 9.72 Å². The van der Waals surface area contributed by atoms with E-state index < -0.39 is 11.7 Å². The Morgan fingerprint density at radius 3 is 2.80 bits per heavy atom. The van der Waals surface area contributed by atoms with Gasteiger partial charge in [-0.3, -0.25) is 4.57 Å². The van der Waals surface area contributed by atoms with Crippen molar-refractivity contribution in [3.05, 3.63) is 36.0 Å². The minimum Gasteiger partial charge on any atom is -0.381 e. The van der Waals surface area contributed by atoms with Gasteiger partial charge in [0.1, 0.15) is 5.52 Å². The Bertz CT molecular complexity index is 1170. The fourth-order valence-electron chi connectivity index (χ4n) is 4.68. The highest BCUT2D eigenvalue weighted by Gasteiger charge is 2.31. The van der Waals surface area contributed by atoms with Crippen LogP contribution in [0.15, 0.2) is 30.5 Å². The number of nitrogens with zero attached hydrogens (tertiary/aromatic N) is 4. The van der Waals surface area contributed by atoms with E-state index in [0.717, 1.165) is 50.9 Å². The van der Waals surface area contributed by atoms with Crippen LogP contribution in [0.4, 0.5) is 30.8 Å². The van der Waals surface area contributed by atoms with E-state index in [2.05, 4.69) is 32.8 Å². The second-order valence-electron chi connectivity index (χ2n) is 9.64. The van der Waals surface area contributed by atoms with Gasteiger partial charge < -0.3 is 20.7 Å². The zero-order chi connectivity index (χ0) is 24.5. The minimum absolute atomic E-state index is 0.161. The van der Waals surface area contributed by atoms with Gasteiger partial charge in [0.05, 0.1) is 11.8 Å². The number of aromatic nitrogens is 4. The Morgan fingerprint density at radius 2 is 2.06 bits per heavy atom. The van der Waals surface area contributed by atoms with E-state index in [9.17, 15) is 13.2 Å². The molecule has 0 radical (unpaired) electrons. The predicted molar refractivity (Wildman–Crippen MR) is 128 cm³/mol. The molecule has 0 spiro atoms. The van der Waals surface area contributed by atoms with Crippen LogP contribution in [0.3, 0.4) is 0 Å². The normalized spacial score (nSPS) is 20.3. The first-order valence-corrected chi connectivity index (χ1v) is 12.0. The number of benzene rings is 1. The summed E-state index contributed by atoms with van der Waals surface area (Å²) in [7, 11) is 0. The molecule has 0 saturated carbocycles. The van der Waals surface area contributed by atoms with E-state index in [1.165, 1.54) is 6.07 Å². The van der Waals surface area contributed by atoms with Crippen molar-refractivity contribution < 1.29 is 17.9 Å². The SMILES string of the molecule is CC1(Nc2ncc3nc(Nc4cccc(C(F)(F)F)c4)n(CCC4CCNC4)c3n2)CCOCC1. The van der Waals surface area contributed by atoms with Crippen LogP contribution < -0.4 is 16.0 Å². The first-order valence-electron chi connectivity index (χ1n) is 12.0. The Balaban J connectivity index is 1.46. The molecule has 1 aromatic carbocycles. The number of ether oxygens (including phenoxy) is 1. The highest BCUT2D eigenvalue weighted by molar-refractivity contribution is 5.76. The largest absolute Gasteiger partial charge is 0.416 e. The molecule has 2 aliphatic heterocycles. The van der Waals surface area contributed by atoms with Crippen molar-refractivity contribution in [1.29, 1.82) is 0 Å². The summed E-state index contributed by atoms with van der Waals surface area (Å²) in [5.41, 5.74) is 0.689. The van der Waals surface area contributed by atoms with Crippen LogP contribution >= 0.6 is 0 Å². The average Bonchev–Trinajstić information content (AvgIpc) is 3.45. The average molecular weight is 490 g/mol. The Labute approximate surface area is 201 Å². The highest BCUT2D eigenvalue weighted by atomic mass is 19.4. The first kappa shape index (κ1) is 23.8. The topological polar surface area (TPSA) is 88.9 Å². The van der Waals surface area contributed by atoms with Crippen LogP contribution in [0, 0.1) is 5.92 Å². The van der Waals surface area contributed by atoms with Gasteiger partial charge in [0.25, 0.3) is 0 Å². The molecule has 5 rings (SSSR count). The number of anilines is 3. The van der Waals surface area contributed by atoms with E-state index in [-0.39, 0.29) is 5.54 Å². The van der Waals surface area contributed by atoms with E-state index in [1.54, 1.807) is 12.3 Å². The predicted octanol–water partition coefficient (Wildman–Crippen LogP) is 4.57. The fraction of sp³-hybridized carbons (Fsp3) is 0.542. The number of hydrogen-bond donors (Lipinski definition) is 3. The van der Waals surface area contributed by atoms with Gasteiger partial charge in [0.2, 0.25) is 11.9 Å².